The van der Waals surface area contributed by atoms with E-state index in [1.807, 2.05) is 6.07 Å². The number of aryl methyl sites for hydroxylation is 2. The molecular weight excluding hydrogens is 259 g/mol. The minimum atomic E-state index is -0.142. The third kappa shape index (κ3) is 2.50. The van der Waals surface area contributed by atoms with Gasteiger partial charge in [-0.25, -0.2) is 9.37 Å². The number of hydrogen-bond acceptors (Lipinski definition) is 3. The van der Waals surface area contributed by atoms with Crippen molar-refractivity contribution in [2.24, 2.45) is 0 Å². The molecule has 1 aliphatic rings. The highest BCUT2D eigenvalue weighted by Gasteiger charge is 2.26. The molecule has 1 fully saturated rings. The van der Waals surface area contributed by atoms with Crippen molar-refractivity contribution in [1.29, 1.82) is 0 Å². The zero-order valence-electron chi connectivity index (χ0n) is 11.2. The van der Waals surface area contributed by atoms with Gasteiger partial charge in [0.25, 0.3) is 0 Å². The van der Waals surface area contributed by atoms with Gasteiger partial charge in [0.15, 0.2) is 5.13 Å². The van der Waals surface area contributed by atoms with E-state index < -0.39 is 0 Å². The fraction of sp³-hybridized carbons (Fsp3) is 0.400. The van der Waals surface area contributed by atoms with Crippen LogP contribution in [0.2, 0.25) is 0 Å². The minimum Gasteiger partial charge on any atom is -0.347 e. The van der Waals surface area contributed by atoms with E-state index >= 15 is 0 Å². The summed E-state index contributed by atoms with van der Waals surface area (Å²) in [4.78, 5) is 8.21. The second-order valence-electron chi connectivity index (χ2n) is 5.12. The molecule has 1 aromatic carbocycles. The summed E-state index contributed by atoms with van der Waals surface area (Å²) in [7, 11) is 0. The number of rotatable bonds is 2. The molecule has 4 heteroatoms. The summed E-state index contributed by atoms with van der Waals surface area (Å²) in [6, 6.07) is 6.98. The van der Waals surface area contributed by atoms with Crippen LogP contribution in [-0.4, -0.2) is 18.1 Å². The van der Waals surface area contributed by atoms with Gasteiger partial charge in [0, 0.05) is 23.9 Å². The number of benzene rings is 1. The van der Waals surface area contributed by atoms with Gasteiger partial charge in [-0.15, -0.1) is 11.3 Å². The monoisotopic (exact) mass is 276 g/mol. The van der Waals surface area contributed by atoms with Crippen LogP contribution in [-0.2, 0) is 0 Å². The summed E-state index contributed by atoms with van der Waals surface area (Å²) in [6.45, 7) is 6.11. The van der Waals surface area contributed by atoms with E-state index in [0.717, 1.165) is 35.9 Å². The molecule has 19 heavy (non-hydrogen) atoms. The molecule has 0 aliphatic carbocycles. The lowest BCUT2D eigenvalue weighted by Crippen LogP contribution is -2.18. The number of thiazole rings is 1. The Morgan fingerprint density at radius 3 is 2.89 bits per heavy atom. The summed E-state index contributed by atoms with van der Waals surface area (Å²) < 4.78 is 13.3. The topological polar surface area (TPSA) is 16.1 Å². The fourth-order valence-corrected chi connectivity index (χ4v) is 3.50. The van der Waals surface area contributed by atoms with E-state index in [-0.39, 0.29) is 5.82 Å². The average Bonchev–Trinajstić information content (AvgIpc) is 2.97. The molecule has 1 unspecified atom stereocenters. The van der Waals surface area contributed by atoms with Crippen LogP contribution in [0.1, 0.15) is 28.5 Å². The number of anilines is 1. The van der Waals surface area contributed by atoms with E-state index in [4.69, 9.17) is 0 Å². The lowest BCUT2D eigenvalue weighted by Gasteiger charge is -2.15. The Balaban J connectivity index is 1.77. The van der Waals surface area contributed by atoms with Crippen LogP contribution in [0, 0.1) is 19.7 Å². The summed E-state index contributed by atoms with van der Waals surface area (Å²) in [5.41, 5.74) is 2.22. The van der Waals surface area contributed by atoms with Gasteiger partial charge in [-0.05, 0) is 38.0 Å². The number of halogens is 1. The maximum absolute atomic E-state index is 13.3. The van der Waals surface area contributed by atoms with Crippen molar-refractivity contribution in [3.05, 3.63) is 46.2 Å². The summed E-state index contributed by atoms with van der Waals surface area (Å²) >= 11 is 1.75. The lowest BCUT2D eigenvalue weighted by atomic mass is 9.98. The van der Waals surface area contributed by atoms with E-state index in [0.29, 0.717) is 5.92 Å². The Morgan fingerprint density at radius 1 is 1.37 bits per heavy atom. The highest BCUT2D eigenvalue weighted by Crippen LogP contribution is 2.33. The molecule has 3 rings (SSSR count). The molecule has 100 valence electrons. The number of aromatic nitrogens is 1. The van der Waals surface area contributed by atoms with Gasteiger partial charge in [0.2, 0.25) is 0 Å². The van der Waals surface area contributed by atoms with Crippen LogP contribution in [0.15, 0.2) is 24.3 Å². The molecule has 0 amide bonds. The Morgan fingerprint density at radius 2 is 2.21 bits per heavy atom. The molecule has 2 aromatic rings. The van der Waals surface area contributed by atoms with Crippen molar-refractivity contribution < 1.29 is 4.39 Å². The van der Waals surface area contributed by atoms with Crippen LogP contribution >= 0.6 is 11.3 Å². The smallest absolute Gasteiger partial charge is 0.185 e. The van der Waals surface area contributed by atoms with Crippen molar-refractivity contribution in [1.82, 2.24) is 4.98 Å². The lowest BCUT2D eigenvalue weighted by molar-refractivity contribution is 0.621. The summed E-state index contributed by atoms with van der Waals surface area (Å²) in [6.07, 6.45) is 1.07. The Labute approximate surface area is 116 Å². The standard InChI is InChI=1S/C15H17FN2S/c1-10-11(2)19-15(17-10)18-7-6-13(9-18)12-4-3-5-14(16)8-12/h3-5,8,13H,6-7,9H2,1-2H3. The number of nitrogens with zero attached hydrogens (tertiary/aromatic N) is 2. The van der Waals surface area contributed by atoms with Crippen LogP contribution in [0.25, 0.3) is 0 Å². The van der Waals surface area contributed by atoms with Crippen LogP contribution < -0.4 is 4.90 Å². The second kappa shape index (κ2) is 4.93. The molecule has 1 saturated heterocycles. The van der Waals surface area contributed by atoms with Crippen LogP contribution in [0.4, 0.5) is 9.52 Å². The van der Waals surface area contributed by atoms with Gasteiger partial charge >= 0.3 is 0 Å². The summed E-state index contributed by atoms with van der Waals surface area (Å²) in [5, 5.41) is 1.11. The molecule has 0 N–H and O–H groups in total. The molecular formula is C15H17FN2S. The van der Waals surface area contributed by atoms with Gasteiger partial charge in [0.1, 0.15) is 5.82 Å². The maximum Gasteiger partial charge on any atom is 0.185 e. The van der Waals surface area contributed by atoms with Gasteiger partial charge in [0.05, 0.1) is 5.69 Å². The highest BCUT2D eigenvalue weighted by molar-refractivity contribution is 7.15. The fourth-order valence-electron chi connectivity index (χ4n) is 2.56. The zero-order chi connectivity index (χ0) is 13.4. The molecule has 0 spiro atoms. The highest BCUT2D eigenvalue weighted by atomic mass is 32.1. The summed E-state index contributed by atoms with van der Waals surface area (Å²) in [5.74, 6) is 0.275. The first-order chi connectivity index (χ1) is 9.13. The molecule has 0 radical (unpaired) electrons. The van der Waals surface area contributed by atoms with E-state index in [1.165, 1.54) is 10.9 Å². The number of hydrogen-bond donors (Lipinski definition) is 0. The molecule has 0 bridgehead atoms. The minimum absolute atomic E-state index is 0.142. The van der Waals surface area contributed by atoms with Crippen molar-refractivity contribution in [3.63, 3.8) is 0 Å². The molecule has 2 heterocycles. The first-order valence-corrected chi connectivity index (χ1v) is 7.39. The normalized spacial score (nSPS) is 19.1. The molecule has 0 saturated carbocycles. The van der Waals surface area contributed by atoms with Crippen LogP contribution in [0.5, 0.6) is 0 Å². The van der Waals surface area contributed by atoms with Gasteiger partial charge in [-0.1, -0.05) is 12.1 Å². The van der Waals surface area contributed by atoms with Crippen molar-refractivity contribution >= 4 is 16.5 Å². The SMILES string of the molecule is Cc1nc(N2CCC(c3cccc(F)c3)C2)sc1C. The Bertz CT molecular complexity index is 574. The average molecular weight is 276 g/mol. The second-order valence-corrected chi connectivity index (χ2v) is 6.31. The maximum atomic E-state index is 13.3. The zero-order valence-corrected chi connectivity index (χ0v) is 12.0. The molecule has 1 atom stereocenters. The van der Waals surface area contributed by atoms with Crippen molar-refractivity contribution in [2.45, 2.75) is 26.2 Å². The molecule has 2 nitrogen and oxygen atoms in total. The van der Waals surface area contributed by atoms with E-state index in [2.05, 4.69) is 23.7 Å². The van der Waals surface area contributed by atoms with Gasteiger partial charge in [-0.3, -0.25) is 0 Å². The third-order valence-electron chi connectivity index (χ3n) is 3.80. The molecule has 1 aliphatic heterocycles. The third-order valence-corrected chi connectivity index (χ3v) is 4.93. The van der Waals surface area contributed by atoms with Gasteiger partial charge < -0.3 is 4.90 Å². The largest absolute Gasteiger partial charge is 0.347 e. The van der Waals surface area contributed by atoms with E-state index in [1.54, 1.807) is 23.5 Å². The van der Waals surface area contributed by atoms with Crippen molar-refractivity contribution in [2.75, 3.05) is 18.0 Å². The predicted octanol–water partition coefficient (Wildman–Crippen LogP) is 3.89. The molecule has 1 aromatic heterocycles. The first-order valence-electron chi connectivity index (χ1n) is 6.58. The Hall–Kier alpha value is -1.42. The Kier molecular flexibility index (Phi) is 3.27. The predicted molar refractivity (Wildman–Crippen MR) is 77.6 cm³/mol. The van der Waals surface area contributed by atoms with Crippen LogP contribution in [0.3, 0.4) is 0 Å². The first kappa shape index (κ1) is 12.6. The quantitative estimate of drug-likeness (QED) is 0.827. The van der Waals surface area contributed by atoms with E-state index in [9.17, 15) is 4.39 Å². The van der Waals surface area contributed by atoms with Crippen molar-refractivity contribution in [3.8, 4) is 0 Å². The van der Waals surface area contributed by atoms with Gasteiger partial charge in [-0.2, -0.15) is 0 Å².